The van der Waals surface area contributed by atoms with Crippen molar-refractivity contribution in [1.82, 2.24) is 0 Å². The summed E-state index contributed by atoms with van der Waals surface area (Å²) in [6.07, 6.45) is 0. The zero-order valence-corrected chi connectivity index (χ0v) is 16.2. The van der Waals surface area contributed by atoms with Crippen LogP contribution in [-0.4, -0.2) is 13.1 Å². The van der Waals surface area contributed by atoms with Gasteiger partial charge in [0.1, 0.15) is 11.5 Å². The van der Waals surface area contributed by atoms with Crippen LogP contribution in [0.3, 0.4) is 0 Å². The molecule has 0 aliphatic heterocycles. The third kappa shape index (κ3) is 3.65. The number of benzene rings is 3. The zero-order valence-electron chi connectivity index (χ0n) is 14.6. The van der Waals surface area contributed by atoms with Crippen molar-refractivity contribution in [3.05, 3.63) is 81.0 Å². The summed E-state index contributed by atoms with van der Waals surface area (Å²) in [6.45, 7) is 0. The lowest BCUT2D eigenvalue weighted by molar-refractivity contribution is 0.0735. The molecule has 0 spiro atoms. The number of halogens is 1. The largest absolute Gasteiger partial charge is 0.497 e. The first kappa shape index (κ1) is 18.3. The van der Waals surface area contributed by atoms with Gasteiger partial charge in [-0.15, -0.1) is 0 Å². The monoisotopic (exact) mass is 412 g/mol. The van der Waals surface area contributed by atoms with Crippen LogP contribution in [0.5, 0.6) is 11.5 Å². The van der Waals surface area contributed by atoms with E-state index in [-0.39, 0.29) is 0 Å². The normalized spacial score (nSPS) is 10.8. The zero-order chi connectivity index (χ0) is 19.7. The number of carbonyl (C=O) groups excluding carboxylic acids is 1. The Balaban J connectivity index is 1.77. The summed E-state index contributed by atoms with van der Waals surface area (Å²) in [5.41, 5.74) is 2.22. The molecule has 1 aromatic heterocycles. The van der Waals surface area contributed by atoms with E-state index >= 15 is 0 Å². The van der Waals surface area contributed by atoms with Crippen LogP contribution in [0.1, 0.15) is 10.4 Å². The van der Waals surface area contributed by atoms with Crippen LogP contribution in [0.2, 0.25) is 5.02 Å². The van der Waals surface area contributed by atoms with E-state index in [1.165, 1.54) is 6.07 Å². The van der Waals surface area contributed by atoms with Crippen molar-refractivity contribution in [2.45, 2.75) is 0 Å². The van der Waals surface area contributed by atoms with Crippen molar-refractivity contribution >= 4 is 39.2 Å². The topological polar surface area (TPSA) is 65.7 Å². The average molecular weight is 413 g/mol. The fraction of sp³-hybridized carbons (Fsp3) is 0.0476. The summed E-state index contributed by atoms with van der Waals surface area (Å²) in [6, 6.07) is 17.1. The van der Waals surface area contributed by atoms with Crippen molar-refractivity contribution in [3.8, 4) is 22.6 Å². The van der Waals surface area contributed by atoms with E-state index in [0.717, 1.165) is 16.9 Å². The maximum atomic E-state index is 12.5. The fourth-order valence-corrected chi connectivity index (χ4v) is 3.69. The molecule has 0 saturated carbocycles. The molecule has 0 amide bonds. The van der Waals surface area contributed by atoms with Crippen LogP contribution >= 0.6 is 22.9 Å². The molecule has 0 aliphatic rings. The Bertz CT molecular complexity index is 1220. The molecular weight excluding hydrogens is 400 g/mol. The van der Waals surface area contributed by atoms with E-state index in [1.807, 2.05) is 12.1 Å². The van der Waals surface area contributed by atoms with Crippen molar-refractivity contribution in [3.63, 3.8) is 0 Å². The Labute approximate surface area is 168 Å². The van der Waals surface area contributed by atoms with E-state index in [9.17, 15) is 9.59 Å². The molecule has 0 atom stereocenters. The molecule has 28 heavy (non-hydrogen) atoms. The maximum absolute atomic E-state index is 12.5. The smallest absolute Gasteiger partial charge is 0.396 e. The van der Waals surface area contributed by atoms with Crippen LogP contribution in [0, 0.1) is 0 Å². The summed E-state index contributed by atoms with van der Waals surface area (Å²) in [7, 11) is 1.58. The first-order valence-corrected chi connectivity index (χ1v) is 9.43. The van der Waals surface area contributed by atoms with E-state index in [4.69, 9.17) is 25.5 Å². The van der Waals surface area contributed by atoms with Crippen molar-refractivity contribution in [1.29, 1.82) is 0 Å². The quantitative estimate of drug-likeness (QED) is 0.331. The summed E-state index contributed by atoms with van der Waals surface area (Å²) in [4.78, 5) is 23.8. The molecule has 0 aliphatic carbocycles. The molecule has 0 bridgehead atoms. The van der Waals surface area contributed by atoms with Gasteiger partial charge in [0.2, 0.25) is 0 Å². The lowest BCUT2D eigenvalue weighted by Gasteiger charge is -2.09. The number of fused-ring (bicyclic) bond motifs is 1. The van der Waals surface area contributed by atoms with Crippen LogP contribution in [0.4, 0.5) is 0 Å². The van der Waals surface area contributed by atoms with Gasteiger partial charge in [0.05, 0.1) is 17.4 Å². The highest BCUT2D eigenvalue weighted by Crippen LogP contribution is 2.35. The molecule has 0 radical (unpaired) electrons. The molecule has 0 N–H and O–H groups in total. The van der Waals surface area contributed by atoms with Crippen molar-refractivity contribution < 1.29 is 18.7 Å². The third-order valence-corrected chi connectivity index (χ3v) is 5.09. The molecule has 0 fully saturated rings. The lowest BCUT2D eigenvalue weighted by Crippen LogP contribution is -2.08. The predicted molar refractivity (Wildman–Crippen MR) is 109 cm³/mol. The molecule has 0 saturated heterocycles. The van der Waals surface area contributed by atoms with Crippen molar-refractivity contribution in [2.75, 3.05) is 7.11 Å². The summed E-state index contributed by atoms with van der Waals surface area (Å²) < 4.78 is 16.6. The van der Waals surface area contributed by atoms with Crippen LogP contribution in [-0.2, 0) is 0 Å². The second-order valence-electron chi connectivity index (χ2n) is 5.88. The molecular formula is C21H13ClO5S. The lowest BCUT2D eigenvalue weighted by atomic mass is 10.0. The standard InChI is InChI=1S/C21H13ClO5S/c1-25-15-7-5-12(6-8-15)17-10-16(11-18-19(17)27-21(24)28-18)26-20(23)13-3-2-4-14(22)9-13/h2-11H,1H3. The Hall–Kier alpha value is -3.09. The first-order valence-electron chi connectivity index (χ1n) is 8.23. The van der Waals surface area contributed by atoms with E-state index in [2.05, 4.69) is 0 Å². The molecule has 4 aromatic rings. The molecule has 4 rings (SSSR count). The minimum absolute atomic E-state index is 0.306. The van der Waals surface area contributed by atoms with Gasteiger partial charge in [-0.05, 0) is 42.0 Å². The number of carbonyl (C=O) groups is 1. The van der Waals surface area contributed by atoms with E-state index in [1.54, 1.807) is 49.6 Å². The van der Waals surface area contributed by atoms with Gasteiger partial charge in [-0.25, -0.2) is 9.59 Å². The Kier molecular flexibility index (Phi) is 4.90. The van der Waals surface area contributed by atoms with Gasteiger partial charge in [0.25, 0.3) is 0 Å². The summed E-state index contributed by atoms with van der Waals surface area (Å²) >= 11 is 6.89. The number of esters is 1. The molecule has 0 unspecified atom stereocenters. The van der Waals surface area contributed by atoms with Gasteiger partial charge in [-0.2, -0.15) is 0 Å². The van der Waals surface area contributed by atoms with Crippen molar-refractivity contribution in [2.24, 2.45) is 0 Å². The van der Waals surface area contributed by atoms with Gasteiger partial charge < -0.3 is 13.9 Å². The molecule has 140 valence electrons. The highest BCUT2D eigenvalue weighted by Gasteiger charge is 2.16. The number of hydrogen-bond donors (Lipinski definition) is 0. The van der Waals surface area contributed by atoms with Crippen LogP contribution in [0.15, 0.2) is 69.9 Å². The second-order valence-corrected chi connectivity index (χ2v) is 7.29. The van der Waals surface area contributed by atoms with Gasteiger partial charge in [0.15, 0.2) is 5.58 Å². The second kappa shape index (κ2) is 7.50. The summed E-state index contributed by atoms with van der Waals surface area (Å²) in [5.74, 6) is 0.467. The van der Waals surface area contributed by atoms with Gasteiger partial charge >= 0.3 is 10.9 Å². The number of methoxy groups -OCH3 is 1. The number of hydrogen-bond acceptors (Lipinski definition) is 6. The molecule has 1 heterocycles. The summed E-state index contributed by atoms with van der Waals surface area (Å²) in [5, 5.41) is 0.442. The highest BCUT2D eigenvalue weighted by molar-refractivity contribution is 7.16. The van der Waals surface area contributed by atoms with Gasteiger partial charge in [-0.3, -0.25) is 0 Å². The third-order valence-electron chi connectivity index (χ3n) is 4.08. The minimum atomic E-state index is -0.543. The SMILES string of the molecule is COc1ccc(-c2cc(OC(=O)c3cccc(Cl)c3)cc3sc(=O)oc23)cc1. The molecule has 3 aromatic carbocycles. The maximum Gasteiger partial charge on any atom is 0.396 e. The van der Waals surface area contributed by atoms with E-state index in [0.29, 0.717) is 37.9 Å². The van der Waals surface area contributed by atoms with Gasteiger partial charge in [0, 0.05) is 16.7 Å². The molecule has 5 nitrogen and oxygen atoms in total. The van der Waals surface area contributed by atoms with Crippen LogP contribution < -0.4 is 14.4 Å². The number of rotatable bonds is 4. The first-order chi connectivity index (χ1) is 13.5. The fourth-order valence-electron chi connectivity index (χ4n) is 2.78. The molecule has 7 heteroatoms. The van der Waals surface area contributed by atoms with Gasteiger partial charge in [-0.1, -0.05) is 41.1 Å². The highest BCUT2D eigenvalue weighted by atomic mass is 35.5. The van der Waals surface area contributed by atoms with Crippen LogP contribution in [0.25, 0.3) is 21.4 Å². The Morgan fingerprint density at radius 3 is 2.54 bits per heavy atom. The predicted octanol–water partition coefficient (Wildman–Crippen LogP) is 5.40. The minimum Gasteiger partial charge on any atom is -0.497 e. The average Bonchev–Trinajstić information content (AvgIpc) is 3.07. The Morgan fingerprint density at radius 2 is 1.82 bits per heavy atom. The number of ether oxygens (including phenoxy) is 2. The Morgan fingerprint density at radius 1 is 1.04 bits per heavy atom. The van der Waals surface area contributed by atoms with E-state index < -0.39 is 10.9 Å².